The lowest BCUT2D eigenvalue weighted by molar-refractivity contribution is -0.164. The van der Waals surface area contributed by atoms with E-state index in [1.807, 2.05) is 30.3 Å². The Morgan fingerprint density at radius 2 is 1.81 bits per heavy atom. The van der Waals surface area contributed by atoms with Crippen LogP contribution in [0.3, 0.4) is 0 Å². The lowest BCUT2D eigenvalue weighted by atomic mass is 10.0. The maximum absolute atomic E-state index is 13.2. The molecule has 2 amide bonds. The van der Waals surface area contributed by atoms with Gasteiger partial charge < -0.3 is 15.0 Å². The van der Waals surface area contributed by atoms with Crippen molar-refractivity contribution in [2.75, 3.05) is 17.7 Å². The molecule has 0 aliphatic heterocycles. The van der Waals surface area contributed by atoms with Gasteiger partial charge in [-0.1, -0.05) is 58.7 Å². The number of aromatic nitrogens is 3. The fourth-order valence-corrected chi connectivity index (χ4v) is 3.94. The molecule has 0 fully saturated rings. The molecule has 0 saturated carbocycles. The van der Waals surface area contributed by atoms with Crippen LogP contribution in [0.1, 0.15) is 26.3 Å². The van der Waals surface area contributed by atoms with Crippen molar-refractivity contribution in [1.82, 2.24) is 19.9 Å². The van der Waals surface area contributed by atoms with E-state index in [1.165, 1.54) is 16.9 Å². The average molecular weight is 567 g/mol. The van der Waals surface area contributed by atoms with Gasteiger partial charge in [-0.2, -0.15) is 0 Å². The van der Waals surface area contributed by atoms with Crippen molar-refractivity contribution in [1.29, 1.82) is 0 Å². The van der Waals surface area contributed by atoms with E-state index in [-0.39, 0.29) is 11.6 Å². The summed E-state index contributed by atoms with van der Waals surface area (Å²) in [6.45, 7) is 4.71. The second-order valence-corrected chi connectivity index (χ2v) is 10.2. The van der Waals surface area contributed by atoms with Gasteiger partial charge in [0.1, 0.15) is 24.1 Å². The number of ether oxygens (including phenoxy) is 1. The number of rotatable bonds is 9. The molecule has 37 heavy (non-hydrogen) atoms. The quantitative estimate of drug-likeness (QED) is 0.301. The van der Waals surface area contributed by atoms with Gasteiger partial charge in [0.2, 0.25) is 11.8 Å². The van der Waals surface area contributed by atoms with E-state index in [9.17, 15) is 14.4 Å². The van der Waals surface area contributed by atoms with Gasteiger partial charge in [-0.25, -0.2) is 9.48 Å². The largest absolute Gasteiger partial charge is 0.458 e. The second kappa shape index (κ2) is 12.4. The molecule has 1 aromatic heterocycles. The number of nitrogens with zero attached hydrogens (tertiary/aromatic N) is 4. The van der Waals surface area contributed by atoms with Crippen LogP contribution in [0.4, 0.5) is 5.69 Å². The Kier molecular flexibility index (Phi) is 9.53. The van der Waals surface area contributed by atoms with Gasteiger partial charge >= 0.3 is 5.97 Å². The van der Waals surface area contributed by atoms with Gasteiger partial charge in [0, 0.05) is 11.4 Å². The molecule has 9 nitrogen and oxygen atoms in total. The third kappa shape index (κ3) is 8.18. The van der Waals surface area contributed by atoms with Crippen LogP contribution >= 0.6 is 34.8 Å². The van der Waals surface area contributed by atoms with Gasteiger partial charge in [0.15, 0.2) is 5.15 Å². The molecule has 2 aromatic carbocycles. The molecule has 0 saturated heterocycles. The van der Waals surface area contributed by atoms with Crippen LogP contribution in [0.15, 0.2) is 54.7 Å². The smallest absolute Gasteiger partial charge is 0.329 e. The summed E-state index contributed by atoms with van der Waals surface area (Å²) >= 11 is 17.9. The van der Waals surface area contributed by atoms with E-state index in [0.717, 1.165) is 10.5 Å². The van der Waals surface area contributed by atoms with Crippen LogP contribution in [-0.2, 0) is 25.5 Å². The Hall–Kier alpha value is -3.14. The Morgan fingerprint density at radius 1 is 1.11 bits per heavy atom. The molecule has 1 atom stereocenters. The number of carbonyl (C=O) groups is 3. The van der Waals surface area contributed by atoms with Gasteiger partial charge in [0.05, 0.1) is 17.6 Å². The number of hydrogen-bond acceptors (Lipinski definition) is 6. The van der Waals surface area contributed by atoms with Crippen LogP contribution in [0.25, 0.3) is 5.69 Å². The summed E-state index contributed by atoms with van der Waals surface area (Å²) in [5.41, 5.74) is 0.722. The number of hydrogen-bond donors (Lipinski definition) is 1. The van der Waals surface area contributed by atoms with E-state index in [2.05, 4.69) is 15.6 Å². The Bertz CT molecular complexity index is 1260. The van der Waals surface area contributed by atoms with Crippen LogP contribution in [0.5, 0.6) is 0 Å². The fraction of sp³-hybridized carbons (Fsp3) is 0.320. The number of benzene rings is 2. The van der Waals surface area contributed by atoms with Crippen molar-refractivity contribution >= 4 is 58.3 Å². The highest BCUT2D eigenvalue weighted by Gasteiger charge is 2.34. The van der Waals surface area contributed by atoms with Crippen molar-refractivity contribution in [3.05, 3.63) is 70.5 Å². The minimum atomic E-state index is -1.09. The summed E-state index contributed by atoms with van der Waals surface area (Å²) in [7, 11) is 0. The van der Waals surface area contributed by atoms with Crippen LogP contribution in [0.2, 0.25) is 10.2 Å². The molecule has 1 unspecified atom stereocenters. The Labute approximate surface area is 229 Å². The van der Waals surface area contributed by atoms with Crippen molar-refractivity contribution in [3.63, 3.8) is 0 Å². The van der Waals surface area contributed by atoms with Gasteiger partial charge in [-0.15, -0.1) is 16.7 Å². The predicted molar refractivity (Wildman–Crippen MR) is 142 cm³/mol. The van der Waals surface area contributed by atoms with Crippen LogP contribution in [-0.4, -0.2) is 61.7 Å². The van der Waals surface area contributed by atoms with Gasteiger partial charge in [-0.05, 0) is 44.5 Å². The first-order valence-corrected chi connectivity index (χ1v) is 12.6. The van der Waals surface area contributed by atoms with Gasteiger partial charge in [0.25, 0.3) is 0 Å². The molecule has 3 aromatic rings. The number of halogens is 3. The Balaban J connectivity index is 1.90. The lowest BCUT2D eigenvalue weighted by Crippen LogP contribution is -2.51. The van der Waals surface area contributed by atoms with Crippen molar-refractivity contribution in [2.24, 2.45) is 0 Å². The van der Waals surface area contributed by atoms with E-state index >= 15 is 0 Å². The molecular weight excluding hydrogens is 541 g/mol. The highest BCUT2D eigenvalue weighted by molar-refractivity contribution is 6.31. The zero-order chi connectivity index (χ0) is 27.2. The van der Waals surface area contributed by atoms with Crippen LogP contribution in [0, 0.1) is 0 Å². The van der Waals surface area contributed by atoms with E-state index < -0.39 is 41.9 Å². The first-order chi connectivity index (χ1) is 17.5. The summed E-state index contributed by atoms with van der Waals surface area (Å²) in [6, 6.07) is 12.8. The molecule has 1 heterocycles. The van der Waals surface area contributed by atoms with Crippen molar-refractivity contribution < 1.29 is 19.1 Å². The monoisotopic (exact) mass is 565 g/mol. The highest BCUT2D eigenvalue weighted by atomic mass is 35.5. The molecule has 0 aliphatic rings. The van der Waals surface area contributed by atoms with Crippen molar-refractivity contribution in [3.8, 4) is 5.69 Å². The molecule has 0 spiro atoms. The minimum Gasteiger partial charge on any atom is -0.458 e. The van der Waals surface area contributed by atoms with Crippen molar-refractivity contribution in [2.45, 2.75) is 38.8 Å². The van der Waals surface area contributed by atoms with E-state index in [4.69, 9.17) is 39.5 Å². The minimum absolute atomic E-state index is 0.130. The first-order valence-electron chi connectivity index (χ1n) is 11.3. The average Bonchev–Trinajstić information content (AvgIpc) is 3.26. The van der Waals surface area contributed by atoms with E-state index in [0.29, 0.717) is 16.4 Å². The zero-order valence-electron chi connectivity index (χ0n) is 20.5. The first kappa shape index (κ1) is 28.4. The zero-order valence-corrected chi connectivity index (χ0v) is 22.7. The third-order valence-corrected chi connectivity index (χ3v) is 5.66. The fourth-order valence-electron chi connectivity index (χ4n) is 3.49. The highest BCUT2D eigenvalue weighted by Crippen LogP contribution is 2.25. The molecule has 196 valence electrons. The summed E-state index contributed by atoms with van der Waals surface area (Å²) in [4.78, 5) is 40.4. The van der Waals surface area contributed by atoms with Gasteiger partial charge in [-0.3, -0.25) is 9.59 Å². The van der Waals surface area contributed by atoms with Crippen LogP contribution < -0.4 is 5.32 Å². The molecule has 3 rings (SSSR count). The SMILES string of the molecule is CC(C)(C)OC(=O)C(Cc1ccccc1)N(CC(=O)Nc1cc(Cl)ccc1-n1cc(Cl)nn1)C(=O)CCl. The molecule has 1 N–H and O–H groups in total. The molecule has 0 radical (unpaired) electrons. The number of carbonyl (C=O) groups excluding carboxylic acids is 3. The Morgan fingerprint density at radius 3 is 2.41 bits per heavy atom. The summed E-state index contributed by atoms with van der Waals surface area (Å²) in [6.07, 6.45) is 1.59. The number of nitrogens with one attached hydrogen (secondary N) is 1. The lowest BCUT2D eigenvalue weighted by Gasteiger charge is -2.32. The third-order valence-electron chi connectivity index (χ3n) is 5.02. The standard InChI is InChI=1S/C25H26Cl3N5O4/c1-25(2,3)37-24(36)20(11-16-7-5-4-6-8-16)32(23(35)13-26)15-22(34)29-18-12-17(27)9-10-19(18)33-14-21(28)30-31-33/h4-10,12,14,20H,11,13,15H2,1-3H3,(H,29,34). The topological polar surface area (TPSA) is 106 Å². The molecule has 0 bridgehead atoms. The van der Waals surface area contributed by atoms with E-state index in [1.54, 1.807) is 32.9 Å². The predicted octanol–water partition coefficient (Wildman–Crippen LogP) is 4.53. The number of alkyl halides is 1. The molecular formula is C25H26Cl3N5O4. The normalized spacial score (nSPS) is 12.1. The number of anilines is 1. The summed E-state index contributed by atoms with van der Waals surface area (Å²) in [5, 5.41) is 10.9. The number of amides is 2. The summed E-state index contributed by atoms with van der Waals surface area (Å²) < 4.78 is 6.96. The maximum atomic E-state index is 13.2. The second-order valence-electron chi connectivity index (χ2n) is 9.09. The number of esters is 1. The summed E-state index contributed by atoms with van der Waals surface area (Å²) in [5.74, 6) is -2.27. The molecule has 0 aliphatic carbocycles. The maximum Gasteiger partial charge on any atom is 0.329 e. The molecule has 12 heteroatoms.